The standard InChI is InChI=1S/C27H29N5O3/c1-16(2)11-19(24(33)31-23-12-17-7-3-5-9-21(17)29-23)25(34)32-15-27(13-18(32)14-28)20-8-4-6-10-22(20)30-26(27)35/h3-10,12,16,18-19,26,29-30,35H,11,13,15H2,1-2H3,(H,31,33)/t18-,19?,26?,27-/m0/s1. The number of benzene rings is 2. The predicted octanol–water partition coefficient (Wildman–Crippen LogP) is 3.58. The highest BCUT2D eigenvalue weighted by Gasteiger charge is 2.56. The molecule has 1 fully saturated rings. The Hall–Kier alpha value is -3.83. The SMILES string of the molecule is CC(C)CC(C(=O)Nc1cc2ccccc2[nH]1)C(=O)N1C[C@@]2(C[C@H]1C#N)c1ccccc1NC2O. The van der Waals surface area contributed by atoms with Crippen molar-refractivity contribution in [2.75, 3.05) is 17.2 Å². The second kappa shape index (κ2) is 8.75. The Morgan fingerprint density at radius 1 is 1.23 bits per heavy atom. The number of aromatic amines is 1. The van der Waals surface area contributed by atoms with Crippen molar-refractivity contribution in [2.45, 2.75) is 44.4 Å². The average molecular weight is 472 g/mol. The van der Waals surface area contributed by atoms with Gasteiger partial charge in [-0.25, -0.2) is 0 Å². The summed E-state index contributed by atoms with van der Waals surface area (Å²) < 4.78 is 0. The number of carbonyl (C=O) groups excluding carboxylic acids is 2. The van der Waals surface area contributed by atoms with Gasteiger partial charge in [-0.3, -0.25) is 9.59 Å². The number of anilines is 2. The Morgan fingerprint density at radius 3 is 2.71 bits per heavy atom. The summed E-state index contributed by atoms with van der Waals surface area (Å²) in [6.45, 7) is 4.10. The summed E-state index contributed by atoms with van der Waals surface area (Å²) in [5.74, 6) is -1.12. The van der Waals surface area contributed by atoms with E-state index < -0.39 is 29.5 Å². The normalized spacial score (nSPS) is 23.8. The van der Waals surface area contributed by atoms with Crippen LogP contribution < -0.4 is 10.6 Å². The number of nitrogens with one attached hydrogen (secondary N) is 3. The lowest BCUT2D eigenvalue weighted by atomic mass is 9.79. The number of amides is 2. The molecule has 8 nitrogen and oxygen atoms in total. The summed E-state index contributed by atoms with van der Waals surface area (Å²) in [5, 5.41) is 27.8. The Morgan fingerprint density at radius 2 is 1.97 bits per heavy atom. The number of hydrogen-bond donors (Lipinski definition) is 4. The van der Waals surface area contributed by atoms with Crippen LogP contribution in [0.5, 0.6) is 0 Å². The summed E-state index contributed by atoms with van der Waals surface area (Å²) in [6.07, 6.45) is -0.264. The Balaban J connectivity index is 1.42. The molecule has 3 aromatic rings. The molecular formula is C27H29N5O3. The largest absolute Gasteiger partial charge is 0.373 e. The van der Waals surface area contributed by atoms with Crippen molar-refractivity contribution in [1.29, 1.82) is 5.26 Å². The van der Waals surface area contributed by atoms with Crippen molar-refractivity contribution in [1.82, 2.24) is 9.88 Å². The van der Waals surface area contributed by atoms with Crippen LogP contribution in [0.2, 0.25) is 0 Å². The third-order valence-corrected chi connectivity index (χ3v) is 7.21. The number of nitriles is 1. The second-order valence-corrected chi connectivity index (χ2v) is 10.0. The van der Waals surface area contributed by atoms with E-state index in [2.05, 4.69) is 21.7 Å². The van der Waals surface area contributed by atoms with Crippen LogP contribution in [0.1, 0.15) is 32.3 Å². The van der Waals surface area contributed by atoms with Crippen molar-refractivity contribution < 1.29 is 14.7 Å². The van der Waals surface area contributed by atoms with Gasteiger partial charge in [-0.15, -0.1) is 0 Å². The van der Waals surface area contributed by atoms with E-state index in [1.165, 1.54) is 4.90 Å². The van der Waals surface area contributed by atoms with Crippen LogP contribution in [0, 0.1) is 23.2 Å². The molecule has 0 saturated carbocycles. The van der Waals surface area contributed by atoms with Crippen LogP contribution in [0.25, 0.3) is 10.9 Å². The van der Waals surface area contributed by atoms with Crippen LogP contribution in [-0.2, 0) is 15.0 Å². The minimum absolute atomic E-state index is 0.0916. The third-order valence-electron chi connectivity index (χ3n) is 7.21. The second-order valence-electron chi connectivity index (χ2n) is 10.0. The molecule has 0 radical (unpaired) electrons. The molecule has 1 aromatic heterocycles. The van der Waals surface area contributed by atoms with Gasteiger partial charge < -0.3 is 25.6 Å². The number of aliphatic hydroxyl groups is 1. The fraction of sp³-hybridized carbons (Fsp3) is 0.370. The number of hydrogen-bond acceptors (Lipinski definition) is 5. The van der Waals surface area contributed by atoms with Crippen LogP contribution in [0.4, 0.5) is 11.5 Å². The van der Waals surface area contributed by atoms with Crippen LogP contribution in [0.15, 0.2) is 54.6 Å². The fourth-order valence-electron chi connectivity index (χ4n) is 5.50. The van der Waals surface area contributed by atoms with Gasteiger partial charge in [0.2, 0.25) is 11.8 Å². The monoisotopic (exact) mass is 471 g/mol. The van der Waals surface area contributed by atoms with Gasteiger partial charge in [0.15, 0.2) is 0 Å². The molecule has 2 aromatic carbocycles. The van der Waals surface area contributed by atoms with Gasteiger partial charge in [-0.1, -0.05) is 50.2 Å². The van der Waals surface area contributed by atoms with Crippen molar-refractivity contribution in [3.05, 3.63) is 60.2 Å². The molecule has 0 bridgehead atoms. The quantitative estimate of drug-likeness (QED) is 0.424. The molecule has 5 rings (SSSR count). The first kappa shape index (κ1) is 22.9. The number of rotatable bonds is 5. The maximum atomic E-state index is 13.8. The van der Waals surface area contributed by atoms with Gasteiger partial charge in [-0.05, 0) is 42.5 Å². The van der Waals surface area contributed by atoms with E-state index in [4.69, 9.17) is 0 Å². The van der Waals surface area contributed by atoms with E-state index in [-0.39, 0.29) is 18.4 Å². The lowest BCUT2D eigenvalue weighted by Gasteiger charge is -2.29. The van der Waals surface area contributed by atoms with Gasteiger partial charge in [0, 0.05) is 23.1 Å². The summed E-state index contributed by atoms with van der Waals surface area (Å²) in [4.78, 5) is 31.8. The Kier molecular flexibility index (Phi) is 5.73. The van der Waals surface area contributed by atoms with Crippen molar-refractivity contribution in [3.8, 4) is 6.07 Å². The number of likely N-dealkylation sites (tertiary alicyclic amines) is 1. The zero-order chi connectivity index (χ0) is 24.7. The van der Waals surface area contributed by atoms with Crippen LogP contribution in [0.3, 0.4) is 0 Å². The maximum absolute atomic E-state index is 13.8. The minimum Gasteiger partial charge on any atom is -0.373 e. The molecule has 3 heterocycles. The summed E-state index contributed by atoms with van der Waals surface area (Å²) >= 11 is 0. The lowest BCUT2D eigenvalue weighted by molar-refractivity contribution is -0.141. The maximum Gasteiger partial charge on any atom is 0.238 e. The van der Waals surface area contributed by atoms with Gasteiger partial charge in [-0.2, -0.15) is 5.26 Å². The Labute approximate surface area is 203 Å². The zero-order valence-corrected chi connectivity index (χ0v) is 19.8. The Bertz CT molecular complexity index is 1290. The van der Waals surface area contributed by atoms with Crippen molar-refractivity contribution in [3.63, 3.8) is 0 Å². The van der Waals surface area contributed by atoms with E-state index in [0.717, 1.165) is 22.2 Å². The number of carbonyl (C=O) groups is 2. The van der Waals surface area contributed by atoms with Gasteiger partial charge in [0.25, 0.3) is 0 Å². The first-order valence-electron chi connectivity index (χ1n) is 12.0. The van der Waals surface area contributed by atoms with Crippen molar-refractivity contribution in [2.24, 2.45) is 11.8 Å². The van der Waals surface area contributed by atoms with Crippen molar-refractivity contribution >= 4 is 34.2 Å². The summed E-state index contributed by atoms with van der Waals surface area (Å²) in [5.41, 5.74) is 1.80. The minimum atomic E-state index is -0.950. The molecule has 8 heteroatoms. The molecule has 2 aliphatic rings. The number of fused-ring (bicyclic) bond motifs is 3. The van der Waals surface area contributed by atoms with E-state index in [1.54, 1.807) is 0 Å². The molecular weight excluding hydrogens is 442 g/mol. The third kappa shape index (κ3) is 3.92. The summed E-state index contributed by atoms with van der Waals surface area (Å²) in [6, 6.07) is 18.6. The van der Waals surface area contributed by atoms with Crippen LogP contribution >= 0.6 is 0 Å². The first-order valence-corrected chi connectivity index (χ1v) is 12.0. The predicted molar refractivity (Wildman–Crippen MR) is 133 cm³/mol. The zero-order valence-electron chi connectivity index (χ0n) is 19.8. The van der Waals surface area contributed by atoms with Gasteiger partial charge >= 0.3 is 0 Å². The first-order chi connectivity index (χ1) is 16.8. The van der Waals surface area contributed by atoms with E-state index in [9.17, 15) is 20.0 Å². The molecule has 1 spiro atoms. The highest BCUT2D eigenvalue weighted by atomic mass is 16.3. The van der Waals surface area contributed by atoms with E-state index in [1.807, 2.05) is 68.4 Å². The molecule has 180 valence electrons. The molecule has 1 saturated heterocycles. The molecule has 2 unspecified atom stereocenters. The number of nitrogens with zero attached hydrogens (tertiary/aromatic N) is 2. The number of H-pyrrole nitrogens is 1. The molecule has 4 N–H and O–H groups in total. The number of aromatic nitrogens is 1. The molecule has 4 atom stereocenters. The molecule has 35 heavy (non-hydrogen) atoms. The van der Waals surface area contributed by atoms with E-state index >= 15 is 0 Å². The van der Waals surface area contributed by atoms with E-state index in [0.29, 0.717) is 18.7 Å². The van der Waals surface area contributed by atoms with Crippen LogP contribution in [-0.4, -0.2) is 45.6 Å². The molecule has 2 aliphatic heterocycles. The molecule has 2 amide bonds. The topological polar surface area (TPSA) is 121 Å². The molecule has 0 aliphatic carbocycles. The smallest absolute Gasteiger partial charge is 0.238 e. The van der Waals surface area contributed by atoms with Gasteiger partial charge in [0.1, 0.15) is 24.0 Å². The number of para-hydroxylation sites is 2. The average Bonchev–Trinajstić information content (AvgIpc) is 3.51. The summed E-state index contributed by atoms with van der Waals surface area (Å²) in [7, 11) is 0. The highest BCUT2D eigenvalue weighted by Crippen LogP contribution is 2.48. The highest BCUT2D eigenvalue weighted by molar-refractivity contribution is 6.07. The lowest BCUT2D eigenvalue weighted by Crippen LogP contribution is -2.46. The number of aliphatic hydroxyl groups excluding tert-OH is 1. The van der Waals surface area contributed by atoms with Gasteiger partial charge in [0.05, 0.1) is 11.5 Å². The fourth-order valence-corrected chi connectivity index (χ4v) is 5.50.